The number of nitrogen functional groups attached to an aromatic ring is 1. The molecule has 76 valence electrons. The molecule has 1 saturated carbocycles. The molecule has 1 fully saturated rings. The Morgan fingerprint density at radius 3 is 2.86 bits per heavy atom. The van der Waals surface area contributed by atoms with Gasteiger partial charge in [-0.05, 0) is 12.8 Å². The van der Waals surface area contributed by atoms with Crippen LogP contribution in [0.3, 0.4) is 0 Å². The van der Waals surface area contributed by atoms with Gasteiger partial charge in [0.05, 0.1) is 0 Å². The SMILES string of the molecule is Nc1cc(C(=O)NC2CCCC2)on1. The van der Waals surface area contributed by atoms with Crippen molar-refractivity contribution in [3.8, 4) is 0 Å². The van der Waals surface area contributed by atoms with Crippen molar-refractivity contribution in [1.29, 1.82) is 0 Å². The number of amides is 1. The maximum atomic E-state index is 11.5. The van der Waals surface area contributed by atoms with Crippen molar-refractivity contribution >= 4 is 11.7 Å². The number of nitrogens with zero attached hydrogens (tertiary/aromatic N) is 1. The van der Waals surface area contributed by atoms with Crippen molar-refractivity contribution in [3.63, 3.8) is 0 Å². The number of nitrogens with two attached hydrogens (primary N) is 1. The number of aromatic nitrogens is 1. The fourth-order valence-electron chi connectivity index (χ4n) is 1.72. The van der Waals surface area contributed by atoms with E-state index in [1.165, 1.54) is 18.9 Å². The maximum Gasteiger partial charge on any atom is 0.290 e. The van der Waals surface area contributed by atoms with Crippen LogP contribution in [0.2, 0.25) is 0 Å². The van der Waals surface area contributed by atoms with Gasteiger partial charge in [-0.2, -0.15) is 0 Å². The largest absolute Gasteiger partial charge is 0.381 e. The van der Waals surface area contributed by atoms with E-state index in [4.69, 9.17) is 10.3 Å². The van der Waals surface area contributed by atoms with Gasteiger partial charge in [-0.15, -0.1) is 0 Å². The zero-order valence-corrected chi connectivity index (χ0v) is 7.82. The molecule has 0 unspecified atom stereocenters. The molecule has 1 aromatic rings. The zero-order valence-electron chi connectivity index (χ0n) is 7.82. The highest BCUT2D eigenvalue weighted by Crippen LogP contribution is 2.18. The van der Waals surface area contributed by atoms with Gasteiger partial charge in [0, 0.05) is 12.1 Å². The molecule has 1 aliphatic rings. The lowest BCUT2D eigenvalue weighted by Gasteiger charge is -2.09. The third-order valence-corrected chi connectivity index (χ3v) is 2.44. The fourth-order valence-corrected chi connectivity index (χ4v) is 1.72. The zero-order chi connectivity index (χ0) is 9.97. The number of anilines is 1. The number of nitrogens with one attached hydrogen (secondary N) is 1. The van der Waals surface area contributed by atoms with Crippen LogP contribution < -0.4 is 11.1 Å². The van der Waals surface area contributed by atoms with Crippen LogP contribution in [-0.2, 0) is 0 Å². The van der Waals surface area contributed by atoms with E-state index in [-0.39, 0.29) is 23.5 Å². The second kappa shape index (κ2) is 3.69. The molecule has 0 aliphatic heterocycles. The van der Waals surface area contributed by atoms with E-state index in [0.29, 0.717) is 0 Å². The molecule has 1 aromatic heterocycles. The number of hydrogen-bond acceptors (Lipinski definition) is 4. The lowest BCUT2D eigenvalue weighted by Crippen LogP contribution is -2.32. The molecule has 0 spiro atoms. The Kier molecular flexibility index (Phi) is 2.39. The molecular formula is C9H13N3O2. The summed E-state index contributed by atoms with van der Waals surface area (Å²) >= 11 is 0. The average molecular weight is 195 g/mol. The Morgan fingerprint density at radius 1 is 1.57 bits per heavy atom. The van der Waals surface area contributed by atoms with Gasteiger partial charge < -0.3 is 15.6 Å². The van der Waals surface area contributed by atoms with Crippen molar-refractivity contribution in [2.45, 2.75) is 31.7 Å². The Morgan fingerprint density at radius 2 is 2.29 bits per heavy atom. The summed E-state index contributed by atoms with van der Waals surface area (Å²) in [5.41, 5.74) is 5.34. The summed E-state index contributed by atoms with van der Waals surface area (Å²) in [7, 11) is 0. The topological polar surface area (TPSA) is 81.2 Å². The van der Waals surface area contributed by atoms with E-state index in [0.717, 1.165) is 12.8 Å². The Balaban J connectivity index is 1.95. The van der Waals surface area contributed by atoms with Crippen molar-refractivity contribution in [1.82, 2.24) is 10.5 Å². The molecule has 0 aromatic carbocycles. The minimum atomic E-state index is -0.221. The van der Waals surface area contributed by atoms with Crippen molar-refractivity contribution in [2.75, 3.05) is 5.73 Å². The Bertz CT molecular complexity index is 329. The molecular weight excluding hydrogens is 182 g/mol. The van der Waals surface area contributed by atoms with Gasteiger partial charge >= 0.3 is 0 Å². The van der Waals surface area contributed by atoms with Crippen LogP contribution >= 0.6 is 0 Å². The molecule has 0 radical (unpaired) electrons. The van der Waals surface area contributed by atoms with Crippen LogP contribution in [0.1, 0.15) is 36.2 Å². The van der Waals surface area contributed by atoms with Crippen molar-refractivity contribution in [3.05, 3.63) is 11.8 Å². The first kappa shape index (κ1) is 9.05. The van der Waals surface area contributed by atoms with Crippen LogP contribution in [-0.4, -0.2) is 17.1 Å². The normalized spacial score (nSPS) is 17.1. The number of hydrogen-bond donors (Lipinski definition) is 2. The second-order valence-corrected chi connectivity index (χ2v) is 3.57. The molecule has 0 saturated heterocycles. The number of carbonyl (C=O) groups excluding carboxylic acids is 1. The summed E-state index contributed by atoms with van der Waals surface area (Å²) < 4.78 is 4.75. The van der Waals surface area contributed by atoms with E-state index in [1.807, 2.05) is 0 Å². The minimum Gasteiger partial charge on any atom is -0.381 e. The lowest BCUT2D eigenvalue weighted by molar-refractivity contribution is 0.0900. The molecule has 1 heterocycles. The lowest BCUT2D eigenvalue weighted by atomic mass is 10.2. The highest BCUT2D eigenvalue weighted by Gasteiger charge is 2.20. The fraction of sp³-hybridized carbons (Fsp3) is 0.556. The Labute approximate surface area is 81.6 Å². The maximum absolute atomic E-state index is 11.5. The monoisotopic (exact) mass is 195 g/mol. The summed E-state index contributed by atoms with van der Waals surface area (Å²) in [4.78, 5) is 11.5. The molecule has 3 N–H and O–H groups in total. The van der Waals surface area contributed by atoms with Gasteiger partial charge in [0.2, 0.25) is 5.76 Å². The standard InChI is InChI=1S/C9H13N3O2/c10-8-5-7(14-12-8)9(13)11-6-3-1-2-4-6/h5-6H,1-4H2,(H2,10,12)(H,11,13). The van der Waals surface area contributed by atoms with Crippen LogP contribution in [0.4, 0.5) is 5.82 Å². The second-order valence-electron chi connectivity index (χ2n) is 3.57. The van der Waals surface area contributed by atoms with E-state index < -0.39 is 0 Å². The third-order valence-electron chi connectivity index (χ3n) is 2.44. The van der Waals surface area contributed by atoms with E-state index in [2.05, 4.69) is 10.5 Å². The van der Waals surface area contributed by atoms with Crippen LogP contribution in [0.15, 0.2) is 10.6 Å². The molecule has 5 nitrogen and oxygen atoms in total. The molecule has 2 rings (SSSR count). The summed E-state index contributed by atoms with van der Waals surface area (Å²) in [5.74, 6) is 0.206. The van der Waals surface area contributed by atoms with E-state index >= 15 is 0 Å². The number of rotatable bonds is 2. The van der Waals surface area contributed by atoms with Gasteiger partial charge in [-0.1, -0.05) is 18.0 Å². The highest BCUT2D eigenvalue weighted by atomic mass is 16.5. The summed E-state index contributed by atoms with van der Waals surface area (Å²) in [6.45, 7) is 0. The highest BCUT2D eigenvalue weighted by molar-refractivity contribution is 5.92. The predicted molar refractivity (Wildman–Crippen MR) is 50.6 cm³/mol. The molecule has 14 heavy (non-hydrogen) atoms. The average Bonchev–Trinajstić information content (AvgIpc) is 2.75. The third kappa shape index (κ3) is 1.86. The van der Waals surface area contributed by atoms with E-state index in [9.17, 15) is 4.79 Å². The first-order valence-corrected chi connectivity index (χ1v) is 4.79. The first-order chi connectivity index (χ1) is 6.75. The van der Waals surface area contributed by atoms with Crippen molar-refractivity contribution in [2.24, 2.45) is 0 Å². The van der Waals surface area contributed by atoms with E-state index in [1.54, 1.807) is 0 Å². The molecule has 1 amide bonds. The summed E-state index contributed by atoms with van der Waals surface area (Å²) in [6, 6.07) is 1.72. The molecule has 0 atom stereocenters. The first-order valence-electron chi connectivity index (χ1n) is 4.79. The minimum absolute atomic E-state index is 0.189. The smallest absolute Gasteiger partial charge is 0.290 e. The van der Waals surface area contributed by atoms with Gasteiger partial charge in [0.25, 0.3) is 5.91 Å². The number of carbonyl (C=O) groups is 1. The van der Waals surface area contributed by atoms with Crippen LogP contribution in [0.25, 0.3) is 0 Å². The predicted octanol–water partition coefficient (Wildman–Crippen LogP) is 0.929. The van der Waals surface area contributed by atoms with Gasteiger partial charge in [-0.3, -0.25) is 4.79 Å². The quantitative estimate of drug-likeness (QED) is 0.735. The van der Waals surface area contributed by atoms with Crippen LogP contribution in [0, 0.1) is 0 Å². The molecule has 0 bridgehead atoms. The Hall–Kier alpha value is -1.52. The van der Waals surface area contributed by atoms with Gasteiger partial charge in [0.15, 0.2) is 5.82 Å². The summed E-state index contributed by atoms with van der Waals surface area (Å²) in [5, 5.41) is 6.33. The summed E-state index contributed by atoms with van der Waals surface area (Å²) in [6.07, 6.45) is 4.47. The van der Waals surface area contributed by atoms with Gasteiger partial charge in [-0.25, -0.2) is 0 Å². The van der Waals surface area contributed by atoms with Gasteiger partial charge in [0.1, 0.15) is 0 Å². The van der Waals surface area contributed by atoms with Crippen LogP contribution in [0.5, 0.6) is 0 Å². The van der Waals surface area contributed by atoms with Crippen molar-refractivity contribution < 1.29 is 9.32 Å². The molecule has 1 aliphatic carbocycles. The molecule has 5 heteroatoms.